The minimum atomic E-state index is -0.606. The predicted octanol–water partition coefficient (Wildman–Crippen LogP) is 2.14. The summed E-state index contributed by atoms with van der Waals surface area (Å²) in [6, 6.07) is 4.04. The lowest BCUT2D eigenvalue weighted by Crippen LogP contribution is -2.27. The van der Waals surface area contributed by atoms with Crippen LogP contribution in [0.3, 0.4) is 0 Å². The normalized spacial score (nSPS) is 10.3. The number of halogens is 1. The van der Waals surface area contributed by atoms with Crippen LogP contribution in [0.1, 0.15) is 16.1 Å². The molecule has 1 aromatic heterocycles. The molecule has 0 aliphatic heterocycles. The molecule has 18 heavy (non-hydrogen) atoms. The highest BCUT2D eigenvalue weighted by Crippen LogP contribution is 2.15. The molecule has 1 amide bonds. The van der Waals surface area contributed by atoms with Gasteiger partial charge in [-0.25, -0.2) is 9.37 Å². The van der Waals surface area contributed by atoms with Crippen LogP contribution in [0.15, 0.2) is 29.1 Å². The average Bonchev–Trinajstić information content (AvgIpc) is 2.81. The number of nitrogen functional groups attached to an aromatic ring is 1. The number of nitrogens with two attached hydrogens (primary N) is 1. The van der Waals surface area contributed by atoms with E-state index in [0.717, 1.165) is 11.8 Å². The SMILES string of the molecule is CN(Cc1cscn1)C(=O)c1ccc(N)cc1F. The van der Waals surface area contributed by atoms with Crippen molar-refractivity contribution in [1.82, 2.24) is 9.88 Å². The number of nitrogens with zero attached hydrogens (tertiary/aromatic N) is 2. The number of thiazole rings is 1. The van der Waals surface area contributed by atoms with Crippen molar-refractivity contribution in [2.24, 2.45) is 0 Å². The number of carbonyl (C=O) groups is 1. The summed E-state index contributed by atoms with van der Waals surface area (Å²) in [5.41, 5.74) is 8.23. The molecule has 1 aromatic carbocycles. The second-order valence-corrected chi connectivity index (χ2v) is 4.60. The molecule has 2 aromatic rings. The summed E-state index contributed by atoms with van der Waals surface area (Å²) >= 11 is 1.45. The van der Waals surface area contributed by atoms with Crippen LogP contribution in [0.5, 0.6) is 0 Å². The lowest BCUT2D eigenvalue weighted by Gasteiger charge is -2.16. The molecule has 6 heteroatoms. The Bertz CT molecular complexity index is 556. The lowest BCUT2D eigenvalue weighted by molar-refractivity contribution is 0.0779. The van der Waals surface area contributed by atoms with Gasteiger partial charge in [0.1, 0.15) is 5.82 Å². The van der Waals surface area contributed by atoms with E-state index in [2.05, 4.69) is 4.98 Å². The zero-order valence-corrected chi connectivity index (χ0v) is 10.6. The van der Waals surface area contributed by atoms with Gasteiger partial charge in [0.05, 0.1) is 23.3 Å². The third-order valence-corrected chi connectivity index (χ3v) is 3.09. The summed E-state index contributed by atoms with van der Waals surface area (Å²) in [4.78, 5) is 17.5. The van der Waals surface area contributed by atoms with E-state index in [0.29, 0.717) is 12.2 Å². The Kier molecular flexibility index (Phi) is 3.57. The fourth-order valence-corrected chi connectivity index (χ4v) is 2.09. The molecule has 0 unspecified atom stereocenters. The number of hydrogen-bond donors (Lipinski definition) is 1. The number of rotatable bonds is 3. The van der Waals surface area contributed by atoms with E-state index < -0.39 is 5.82 Å². The van der Waals surface area contributed by atoms with Gasteiger partial charge >= 0.3 is 0 Å². The molecule has 0 saturated heterocycles. The third-order valence-electron chi connectivity index (χ3n) is 2.45. The molecule has 1 heterocycles. The first-order chi connectivity index (χ1) is 8.58. The fourth-order valence-electron chi connectivity index (χ4n) is 1.54. The summed E-state index contributed by atoms with van der Waals surface area (Å²) in [7, 11) is 1.61. The van der Waals surface area contributed by atoms with Crippen molar-refractivity contribution in [1.29, 1.82) is 0 Å². The van der Waals surface area contributed by atoms with Gasteiger partial charge in [0.15, 0.2) is 0 Å². The lowest BCUT2D eigenvalue weighted by atomic mass is 10.1. The number of hydrogen-bond acceptors (Lipinski definition) is 4. The molecule has 2 N–H and O–H groups in total. The molecule has 94 valence electrons. The van der Waals surface area contributed by atoms with Gasteiger partial charge in [0.25, 0.3) is 5.91 Å². The Morgan fingerprint density at radius 1 is 1.56 bits per heavy atom. The molecular formula is C12H12FN3OS. The Hall–Kier alpha value is -1.95. The summed E-state index contributed by atoms with van der Waals surface area (Å²) in [6.45, 7) is 0.353. The second kappa shape index (κ2) is 5.14. The van der Waals surface area contributed by atoms with Gasteiger partial charge in [-0.15, -0.1) is 11.3 Å². The Balaban J connectivity index is 2.15. The maximum Gasteiger partial charge on any atom is 0.256 e. The molecule has 0 bridgehead atoms. The summed E-state index contributed by atoms with van der Waals surface area (Å²) in [6.07, 6.45) is 0. The van der Waals surface area contributed by atoms with Crippen LogP contribution >= 0.6 is 11.3 Å². The van der Waals surface area contributed by atoms with E-state index in [1.54, 1.807) is 12.6 Å². The molecule has 4 nitrogen and oxygen atoms in total. The van der Waals surface area contributed by atoms with Crippen LogP contribution in [0.25, 0.3) is 0 Å². The first-order valence-corrected chi connectivity index (χ1v) is 6.20. The highest BCUT2D eigenvalue weighted by Gasteiger charge is 2.16. The topological polar surface area (TPSA) is 59.2 Å². The Morgan fingerprint density at radius 3 is 2.94 bits per heavy atom. The van der Waals surface area contributed by atoms with Crippen LogP contribution < -0.4 is 5.73 Å². The van der Waals surface area contributed by atoms with Crippen LogP contribution in [0, 0.1) is 5.82 Å². The predicted molar refractivity (Wildman–Crippen MR) is 68.7 cm³/mol. The molecule has 0 saturated carbocycles. The van der Waals surface area contributed by atoms with Crippen LogP contribution in [0.4, 0.5) is 10.1 Å². The monoisotopic (exact) mass is 265 g/mol. The molecule has 2 rings (SSSR count). The standard InChI is InChI=1S/C12H12FN3OS/c1-16(5-9-6-18-7-15-9)12(17)10-3-2-8(14)4-11(10)13/h2-4,6-7H,5,14H2,1H3. The van der Waals surface area contributed by atoms with Gasteiger partial charge in [0.2, 0.25) is 0 Å². The van der Waals surface area contributed by atoms with Gasteiger partial charge in [-0.1, -0.05) is 0 Å². The van der Waals surface area contributed by atoms with Crippen molar-refractivity contribution in [2.75, 3.05) is 12.8 Å². The molecule has 0 aliphatic rings. The molecule has 0 aliphatic carbocycles. The number of aromatic nitrogens is 1. The highest BCUT2D eigenvalue weighted by atomic mass is 32.1. The van der Waals surface area contributed by atoms with Crippen molar-refractivity contribution in [3.05, 3.63) is 46.2 Å². The molecule has 0 atom stereocenters. The number of carbonyl (C=O) groups excluding carboxylic acids is 1. The number of amides is 1. The van der Waals surface area contributed by atoms with E-state index >= 15 is 0 Å². The molecular weight excluding hydrogens is 253 g/mol. The van der Waals surface area contributed by atoms with E-state index in [1.807, 2.05) is 5.38 Å². The van der Waals surface area contributed by atoms with Gasteiger partial charge in [-0.2, -0.15) is 0 Å². The molecule has 0 fully saturated rings. The Labute approximate surface area is 108 Å². The summed E-state index contributed by atoms with van der Waals surface area (Å²) < 4.78 is 13.6. The highest BCUT2D eigenvalue weighted by molar-refractivity contribution is 7.07. The minimum absolute atomic E-state index is 0.0157. The zero-order chi connectivity index (χ0) is 13.1. The molecule has 0 radical (unpaired) electrons. The minimum Gasteiger partial charge on any atom is -0.399 e. The van der Waals surface area contributed by atoms with Crippen molar-refractivity contribution in [3.8, 4) is 0 Å². The van der Waals surface area contributed by atoms with Gasteiger partial charge in [0, 0.05) is 18.1 Å². The van der Waals surface area contributed by atoms with Crippen molar-refractivity contribution in [3.63, 3.8) is 0 Å². The van der Waals surface area contributed by atoms with Crippen LogP contribution in [-0.2, 0) is 6.54 Å². The van der Waals surface area contributed by atoms with Crippen molar-refractivity contribution in [2.45, 2.75) is 6.54 Å². The zero-order valence-electron chi connectivity index (χ0n) is 9.76. The van der Waals surface area contributed by atoms with E-state index in [4.69, 9.17) is 5.73 Å². The Morgan fingerprint density at radius 2 is 2.33 bits per heavy atom. The summed E-state index contributed by atoms with van der Waals surface area (Å²) in [5, 5.41) is 1.85. The van der Waals surface area contributed by atoms with Gasteiger partial charge < -0.3 is 10.6 Å². The van der Waals surface area contributed by atoms with E-state index in [-0.39, 0.29) is 11.5 Å². The van der Waals surface area contributed by atoms with Gasteiger partial charge in [-0.3, -0.25) is 4.79 Å². The third kappa shape index (κ3) is 2.65. The second-order valence-electron chi connectivity index (χ2n) is 3.88. The largest absolute Gasteiger partial charge is 0.399 e. The average molecular weight is 265 g/mol. The van der Waals surface area contributed by atoms with Crippen LogP contribution in [0.2, 0.25) is 0 Å². The summed E-state index contributed by atoms with van der Waals surface area (Å²) in [5.74, 6) is -0.995. The number of benzene rings is 1. The molecule has 0 spiro atoms. The maximum atomic E-state index is 13.6. The van der Waals surface area contributed by atoms with Crippen LogP contribution in [-0.4, -0.2) is 22.8 Å². The fraction of sp³-hybridized carbons (Fsp3) is 0.167. The first-order valence-electron chi connectivity index (χ1n) is 5.25. The number of anilines is 1. The van der Waals surface area contributed by atoms with E-state index in [1.165, 1.54) is 28.4 Å². The smallest absolute Gasteiger partial charge is 0.256 e. The first kappa shape index (κ1) is 12.5. The quantitative estimate of drug-likeness (QED) is 0.865. The van der Waals surface area contributed by atoms with E-state index in [9.17, 15) is 9.18 Å². The van der Waals surface area contributed by atoms with Crippen molar-refractivity contribution >= 4 is 22.9 Å². The van der Waals surface area contributed by atoms with Gasteiger partial charge in [-0.05, 0) is 18.2 Å². The maximum absolute atomic E-state index is 13.6. The van der Waals surface area contributed by atoms with Crippen molar-refractivity contribution < 1.29 is 9.18 Å².